The van der Waals surface area contributed by atoms with Crippen LogP contribution in [0.2, 0.25) is 6.04 Å². The van der Waals surface area contributed by atoms with Gasteiger partial charge in [-0.2, -0.15) is 0 Å². The Labute approximate surface area is 78.8 Å². The molecule has 0 amide bonds. The smallest absolute Gasteiger partial charge is 0.162 e. The van der Waals surface area contributed by atoms with Gasteiger partial charge in [-0.15, -0.1) is 0 Å². The second-order valence-corrected chi connectivity index (χ2v) is 5.55. The Morgan fingerprint density at radius 1 is 1.33 bits per heavy atom. The summed E-state index contributed by atoms with van der Waals surface area (Å²) in [7, 11) is -0.248. The summed E-state index contributed by atoms with van der Waals surface area (Å²) >= 11 is 0. The maximum absolute atomic E-state index is 5.82. The third-order valence-corrected chi connectivity index (χ3v) is 3.32. The van der Waals surface area contributed by atoms with Gasteiger partial charge >= 0.3 is 0 Å². The summed E-state index contributed by atoms with van der Waals surface area (Å²) < 4.78 is 5.82. The van der Waals surface area contributed by atoms with Crippen LogP contribution in [0, 0.1) is 0 Å². The van der Waals surface area contributed by atoms with E-state index in [1.165, 1.54) is 12.5 Å². The largest absolute Gasteiger partial charge is 0.419 e. The highest BCUT2D eigenvalue weighted by Gasteiger charge is 2.15. The van der Waals surface area contributed by atoms with Gasteiger partial charge in [0, 0.05) is 5.60 Å². The van der Waals surface area contributed by atoms with E-state index in [1.807, 2.05) is 0 Å². The fourth-order valence-corrected chi connectivity index (χ4v) is 2.05. The molecular formula is C9H23NOSi. The van der Waals surface area contributed by atoms with Crippen molar-refractivity contribution in [2.24, 2.45) is 5.73 Å². The van der Waals surface area contributed by atoms with E-state index in [0.717, 1.165) is 19.4 Å². The van der Waals surface area contributed by atoms with Gasteiger partial charge < -0.3 is 10.2 Å². The molecule has 0 aromatic heterocycles. The first-order valence-electron chi connectivity index (χ1n) is 4.96. The van der Waals surface area contributed by atoms with Gasteiger partial charge in [-0.1, -0.05) is 6.92 Å². The standard InChI is InChI=1S/C9H23NOSi/c1-4-12-11-9(2,3)7-5-6-8-10/h4-8,10,12H2,1-3H3. The molecule has 0 saturated carbocycles. The summed E-state index contributed by atoms with van der Waals surface area (Å²) in [5.74, 6) is 0. The molecule has 0 aliphatic heterocycles. The Morgan fingerprint density at radius 3 is 2.50 bits per heavy atom. The molecule has 0 aliphatic carbocycles. The molecule has 0 aromatic carbocycles. The lowest BCUT2D eigenvalue weighted by atomic mass is 10.0. The summed E-state index contributed by atoms with van der Waals surface area (Å²) in [6.45, 7) is 7.38. The van der Waals surface area contributed by atoms with Gasteiger partial charge in [-0.25, -0.2) is 0 Å². The third-order valence-electron chi connectivity index (χ3n) is 1.93. The molecule has 0 heterocycles. The van der Waals surface area contributed by atoms with E-state index in [2.05, 4.69) is 20.8 Å². The van der Waals surface area contributed by atoms with Crippen LogP contribution in [-0.4, -0.2) is 21.9 Å². The van der Waals surface area contributed by atoms with Gasteiger partial charge in [0.05, 0.1) is 0 Å². The average Bonchev–Trinajstić information content (AvgIpc) is 2.01. The SMILES string of the molecule is CC[SiH2]OC(C)(C)CCCCN. The van der Waals surface area contributed by atoms with Crippen molar-refractivity contribution in [3.8, 4) is 0 Å². The zero-order valence-corrected chi connectivity index (χ0v) is 10.1. The van der Waals surface area contributed by atoms with Crippen LogP contribution in [0.4, 0.5) is 0 Å². The fourth-order valence-electron chi connectivity index (χ4n) is 1.15. The monoisotopic (exact) mass is 189 g/mol. The van der Waals surface area contributed by atoms with Crippen LogP contribution < -0.4 is 5.73 Å². The normalized spacial score (nSPS) is 13.0. The van der Waals surface area contributed by atoms with E-state index in [-0.39, 0.29) is 15.4 Å². The van der Waals surface area contributed by atoms with E-state index < -0.39 is 0 Å². The maximum Gasteiger partial charge on any atom is 0.162 e. The van der Waals surface area contributed by atoms with Gasteiger partial charge in [-0.3, -0.25) is 0 Å². The van der Waals surface area contributed by atoms with Crippen LogP contribution in [0.15, 0.2) is 0 Å². The molecule has 12 heavy (non-hydrogen) atoms. The quantitative estimate of drug-likeness (QED) is 0.486. The third kappa shape index (κ3) is 6.82. The van der Waals surface area contributed by atoms with Crippen molar-refractivity contribution in [2.45, 2.75) is 51.7 Å². The van der Waals surface area contributed by atoms with Crippen LogP contribution in [0.5, 0.6) is 0 Å². The van der Waals surface area contributed by atoms with Crippen LogP contribution in [0.3, 0.4) is 0 Å². The van der Waals surface area contributed by atoms with Gasteiger partial charge in [0.1, 0.15) is 0 Å². The van der Waals surface area contributed by atoms with Gasteiger partial charge in [0.15, 0.2) is 9.76 Å². The molecule has 0 spiro atoms. The van der Waals surface area contributed by atoms with Crippen molar-refractivity contribution in [1.82, 2.24) is 0 Å². The summed E-state index contributed by atoms with van der Waals surface area (Å²) in [6, 6.07) is 1.24. The van der Waals surface area contributed by atoms with E-state index >= 15 is 0 Å². The van der Waals surface area contributed by atoms with Crippen LogP contribution >= 0.6 is 0 Å². The molecule has 0 atom stereocenters. The van der Waals surface area contributed by atoms with Gasteiger partial charge in [0.2, 0.25) is 0 Å². The molecule has 0 bridgehead atoms. The molecule has 0 rings (SSSR count). The molecule has 3 heteroatoms. The molecule has 0 saturated heterocycles. The Hall–Kier alpha value is 0.137. The summed E-state index contributed by atoms with van der Waals surface area (Å²) in [5, 5.41) is 0. The molecule has 2 nitrogen and oxygen atoms in total. The zero-order valence-electron chi connectivity index (χ0n) is 8.73. The molecule has 0 aromatic rings. The highest BCUT2D eigenvalue weighted by atomic mass is 28.2. The predicted molar refractivity (Wildman–Crippen MR) is 57.1 cm³/mol. The second kappa shape index (κ2) is 6.63. The van der Waals surface area contributed by atoms with Crippen molar-refractivity contribution in [1.29, 1.82) is 0 Å². The van der Waals surface area contributed by atoms with E-state index in [1.54, 1.807) is 0 Å². The molecule has 0 unspecified atom stereocenters. The summed E-state index contributed by atoms with van der Waals surface area (Å²) in [6.07, 6.45) is 3.47. The first-order valence-corrected chi connectivity index (χ1v) is 6.54. The van der Waals surface area contributed by atoms with E-state index in [4.69, 9.17) is 10.2 Å². The Morgan fingerprint density at radius 2 is 2.00 bits per heavy atom. The number of hydrogen-bond donors (Lipinski definition) is 1. The lowest BCUT2D eigenvalue weighted by Crippen LogP contribution is -2.26. The molecule has 0 aliphatic rings. The minimum Gasteiger partial charge on any atom is -0.419 e. The number of rotatable bonds is 7. The molecular weight excluding hydrogens is 166 g/mol. The van der Waals surface area contributed by atoms with Crippen molar-refractivity contribution in [3.05, 3.63) is 0 Å². The van der Waals surface area contributed by atoms with Crippen LogP contribution in [0.25, 0.3) is 0 Å². The highest BCUT2D eigenvalue weighted by molar-refractivity contribution is 6.27. The Balaban J connectivity index is 3.42. The summed E-state index contributed by atoms with van der Waals surface area (Å²) in [5.41, 5.74) is 5.53. The van der Waals surface area contributed by atoms with E-state index in [0.29, 0.717) is 0 Å². The molecule has 0 radical (unpaired) electrons. The van der Waals surface area contributed by atoms with Crippen molar-refractivity contribution < 1.29 is 4.43 Å². The van der Waals surface area contributed by atoms with Gasteiger partial charge in [-0.05, 0) is 45.7 Å². The maximum atomic E-state index is 5.82. The molecule has 2 N–H and O–H groups in total. The van der Waals surface area contributed by atoms with Crippen molar-refractivity contribution in [3.63, 3.8) is 0 Å². The van der Waals surface area contributed by atoms with Crippen molar-refractivity contribution >= 4 is 9.76 Å². The second-order valence-electron chi connectivity index (χ2n) is 3.85. The summed E-state index contributed by atoms with van der Waals surface area (Å²) in [4.78, 5) is 0. The van der Waals surface area contributed by atoms with Gasteiger partial charge in [0.25, 0.3) is 0 Å². The fraction of sp³-hybridized carbons (Fsp3) is 1.00. The van der Waals surface area contributed by atoms with Crippen molar-refractivity contribution in [2.75, 3.05) is 6.54 Å². The number of nitrogens with two attached hydrogens (primary N) is 1. The molecule has 74 valence electrons. The minimum absolute atomic E-state index is 0.109. The van der Waals surface area contributed by atoms with Crippen LogP contribution in [-0.2, 0) is 4.43 Å². The minimum atomic E-state index is -0.248. The first-order chi connectivity index (χ1) is 5.62. The van der Waals surface area contributed by atoms with E-state index in [9.17, 15) is 0 Å². The Bertz CT molecular complexity index is 107. The number of unbranched alkanes of at least 4 members (excludes halogenated alkanes) is 1. The van der Waals surface area contributed by atoms with Crippen LogP contribution in [0.1, 0.15) is 40.0 Å². The lowest BCUT2D eigenvalue weighted by Gasteiger charge is -2.25. The highest BCUT2D eigenvalue weighted by Crippen LogP contribution is 2.17. The lowest BCUT2D eigenvalue weighted by molar-refractivity contribution is 0.102. The average molecular weight is 189 g/mol. The molecule has 0 fully saturated rings. The topological polar surface area (TPSA) is 35.2 Å². The zero-order chi connectivity index (χ0) is 9.45. The predicted octanol–water partition coefficient (Wildman–Crippen LogP) is 1.43. The number of hydrogen-bond acceptors (Lipinski definition) is 2. The Kier molecular flexibility index (Phi) is 6.71. The first kappa shape index (κ1) is 12.1.